The van der Waals surface area contributed by atoms with E-state index in [-0.39, 0.29) is 5.82 Å². The van der Waals surface area contributed by atoms with Gasteiger partial charge in [0.25, 0.3) is 0 Å². The standard InChI is InChI=1S/C18H19FN2O2/c1-22-18-12-17(21-7-9-23-10-8-21)6-5-14(18)13-20-16-4-2-3-15(19)11-16/h2-6,11-13H,7-10H2,1H3. The second kappa shape index (κ2) is 7.24. The molecule has 0 aliphatic carbocycles. The van der Waals surface area contributed by atoms with Gasteiger partial charge in [-0.3, -0.25) is 4.99 Å². The summed E-state index contributed by atoms with van der Waals surface area (Å²) >= 11 is 0. The molecule has 0 aromatic heterocycles. The van der Waals surface area contributed by atoms with Gasteiger partial charge in [-0.25, -0.2) is 4.39 Å². The summed E-state index contributed by atoms with van der Waals surface area (Å²) < 4.78 is 24.0. The van der Waals surface area contributed by atoms with Gasteiger partial charge in [-0.2, -0.15) is 0 Å². The minimum Gasteiger partial charge on any atom is -0.496 e. The van der Waals surface area contributed by atoms with Gasteiger partial charge in [0.05, 0.1) is 26.0 Å². The Hall–Kier alpha value is -2.40. The van der Waals surface area contributed by atoms with Gasteiger partial charge in [0.1, 0.15) is 11.6 Å². The molecule has 2 aromatic carbocycles. The highest BCUT2D eigenvalue weighted by Gasteiger charge is 2.13. The second-order valence-electron chi connectivity index (χ2n) is 5.26. The van der Waals surface area contributed by atoms with Gasteiger partial charge in [0.15, 0.2) is 0 Å². The molecular formula is C18H19FN2O2. The van der Waals surface area contributed by atoms with E-state index in [4.69, 9.17) is 9.47 Å². The van der Waals surface area contributed by atoms with E-state index in [1.54, 1.807) is 25.5 Å². The fourth-order valence-electron chi connectivity index (χ4n) is 2.53. The van der Waals surface area contributed by atoms with E-state index in [1.807, 2.05) is 18.2 Å². The second-order valence-corrected chi connectivity index (χ2v) is 5.26. The normalized spacial score (nSPS) is 15.1. The van der Waals surface area contributed by atoms with Crippen LogP contribution >= 0.6 is 0 Å². The van der Waals surface area contributed by atoms with E-state index >= 15 is 0 Å². The Morgan fingerprint density at radius 1 is 1.17 bits per heavy atom. The lowest BCUT2D eigenvalue weighted by atomic mass is 10.1. The average molecular weight is 314 g/mol. The number of halogens is 1. The summed E-state index contributed by atoms with van der Waals surface area (Å²) in [6.07, 6.45) is 1.69. The highest BCUT2D eigenvalue weighted by atomic mass is 19.1. The van der Waals surface area contributed by atoms with Crippen LogP contribution in [0.3, 0.4) is 0 Å². The summed E-state index contributed by atoms with van der Waals surface area (Å²) in [6, 6.07) is 12.2. The van der Waals surface area contributed by atoms with Crippen LogP contribution in [-0.2, 0) is 4.74 Å². The van der Waals surface area contributed by atoms with Crippen LogP contribution in [0.2, 0.25) is 0 Å². The Labute approximate surface area is 135 Å². The number of hydrogen-bond donors (Lipinski definition) is 0. The Kier molecular flexibility index (Phi) is 4.88. The van der Waals surface area contributed by atoms with Gasteiger partial charge >= 0.3 is 0 Å². The lowest BCUT2D eigenvalue weighted by molar-refractivity contribution is 0.122. The summed E-state index contributed by atoms with van der Waals surface area (Å²) in [5.74, 6) is 0.448. The molecule has 0 spiro atoms. The van der Waals surface area contributed by atoms with Gasteiger partial charge in [-0.1, -0.05) is 6.07 Å². The van der Waals surface area contributed by atoms with Gasteiger partial charge in [0, 0.05) is 36.6 Å². The maximum Gasteiger partial charge on any atom is 0.129 e. The zero-order valence-electron chi connectivity index (χ0n) is 13.0. The van der Waals surface area contributed by atoms with Crippen LogP contribution in [0.1, 0.15) is 5.56 Å². The zero-order chi connectivity index (χ0) is 16.1. The van der Waals surface area contributed by atoms with Gasteiger partial charge in [-0.15, -0.1) is 0 Å². The van der Waals surface area contributed by atoms with Crippen molar-refractivity contribution in [1.82, 2.24) is 0 Å². The monoisotopic (exact) mass is 314 g/mol. The number of methoxy groups -OCH3 is 1. The molecule has 0 N–H and O–H groups in total. The van der Waals surface area contributed by atoms with E-state index < -0.39 is 0 Å². The van der Waals surface area contributed by atoms with Crippen molar-refractivity contribution in [2.45, 2.75) is 0 Å². The van der Waals surface area contributed by atoms with Crippen LogP contribution in [0, 0.1) is 5.82 Å². The maximum atomic E-state index is 13.2. The van der Waals surface area contributed by atoms with E-state index in [2.05, 4.69) is 9.89 Å². The van der Waals surface area contributed by atoms with Gasteiger partial charge in [-0.05, 0) is 30.3 Å². The predicted molar refractivity (Wildman–Crippen MR) is 89.7 cm³/mol. The first-order valence-corrected chi connectivity index (χ1v) is 7.56. The van der Waals surface area contributed by atoms with E-state index in [0.29, 0.717) is 5.69 Å². The lowest BCUT2D eigenvalue weighted by Gasteiger charge is -2.29. The van der Waals surface area contributed by atoms with Crippen molar-refractivity contribution in [1.29, 1.82) is 0 Å². The molecule has 0 amide bonds. The number of anilines is 1. The van der Waals surface area contributed by atoms with Crippen LogP contribution < -0.4 is 9.64 Å². The highest BCUT2D eigenvalue weighted by Crippen LogP contribution is 2.26. The molecule has 2 aromatic rings. The average Bonchev–Trinajstić information content (AvgIpc) is 2.60. The third-order valence-corrected chi connectivity index (χ3v) is 3.75. The van der Waals surface area contributed by atoms with Crippen LogP contribution in [0.4, 0.5) is 15.8 Å². The number of rotatable bonds is 4. The fourth-order valence-corrected chi connectivity index (χ4v) is 2.53. The molecule has 120 valence electrons. The molecule has 0 saturated carbocycles. The number of benzene rings is 2. The molecule has 1 aliphatic rings. The summed E-state index contributed by atoms with van der Waals surface area (Å²) in [5, 5.41) is 0. The molecule has 1 aliphatic heterocycles. The molecule has 0 radical (unpaired) electrons. The van der Waals surface area contributed by atoms with Gasteiger partial charge in [0.2, 0.25) is 0 Å². The summed E-state index contributed by atoms with van der Waals surface area (Å²) in [5.41, 5.74) is 2.53. The van der Waals surface area contributed by atoms with Crippen molar-refractivity contribution in [3.8, 4) is 5.75 Å². The third kappa shape index (κ3) is 3.87. The fraction of sp³-hybridized carbons (Fsp3) is 0.278. The topological polar surface area (TPSA) is 34.1 Å². The summed E-state index contributed by atoms with van der Waals surface area (Å²) in [7, 11) is 1.64. The maximum absolute atomic E-state index is 13.2. The lowest BCUT2D eigenvalue weighted by Crippen LogP contribution is -2.36. The van der Waals surface area contributed by atoms with Crippen LogP contribution in [-0.4, -0.2) is 39.6 Å². The number of hydrogen-bond acceptors (Lipinski definition) is 4. The number of nitrogens with zero attached hydrogens (tertiary/aromatic N) is 2. The molecular weight excluding hydrogens is 295 g/mol. The Balaban J connectivity index is 1.82. The van der Waals surface area contributed by atoms with Crippen molar-refractivity contribution in [3.63, 3.8) is 0 Å². The molecule has 4 nitrogen and oxygen atoms in total. The largest absolute Gasteiger partial charge is 0.496 e. The summed E-state index contributed by atoms with van der Waals surface area (Å²) in [6.45, 7) is 3.23. The smallest absolute Gasteiger partial charge is 0.129 e. The molecule has 0 atom stereocenters. The SMILES string of the molecule is COc1cc(N2CCOCC2)ccc1C=Nc1cccc(F)c1. The van der Waals surface area contributed by atoms with Crippen molar-refractivity contribution < 1.29 is 13.9 Å². The third-order valence-electron chi connectivity index (χ3n) is 3.75. The van der Waals surface area contributed by atoms with Crippen LogP contribution in [0.15, 0.2) is 47.5 Å². The molecule has 5 heteroatoms. The van der Waals surface area contributed by atoms with Crippen molar-refractivity contribution in [2.75, 3.05) is 38.3 Å². The molecule has 0 bridgehead atoms. The Bertz CT molecular complexity index is 697. The number of aliphatic imine (C=N–C) groups is 1. The molecule has 23 heavy (non-hydrogen) atoms. The predicted octanol–water partition coefficient (Wildman–Crippen LogP) is 3.42. The highest BCUT2D eigenvalue weighted by molar-refractivity contribution is 5.86. The van der Waals surface area contributed by atoms with E-state index in [0.717, 1.165) is 43.3 Å². The minimum absolute atomic E-state index is 0.297. The molecule has 1 heterocycles. The molecule has 3 rings (SSSR count). The molecule has 1 fully saturated rings. The van der Waals surface area contributed by atoms with Crippen molar-refractivity contribution in [3.05, 3.63) is 53.8 Å². The first kappa shape index (κ1) is 15.5. The minimum atomic E-state index is -0.297. The van der Waals surface area contributed by atoms with E-state index in [9.17, 15) is 4.39 Å². The van der Waals surface area contributed by atoms with Crippen molar-refractivity contribution >= 4 is 17.6 Å². The Morgan fingerprint density at radius 3 is 2.74 bits per heavy atom. The quantitative estimate of drug-likeness (QED) is 0.811. The van der Waals surface area contributed by atoms with E-state index in [1.165, 1.54) is 12.1 Å². The first-order valence-electron chi connectivity index (χ1n) is 7.56. The zero-order valence-corrected chi connectivity index (χ0v) is 13.0. The number of ether oxygens (including phenoxy) is 2. The summed E-state index contributed by atoms with van der Waals surface area (Å²) in [4.78, 5) is 6.57. The molecule has 0 unspecified atom stereocenters. The molecule has 1 saturated heterocycles. The van der Waals surface area contributed by atoms with Crippen molar-refractivity contribution in [2.24, 2.45) is 4.99 Å². The number of morpholine rings is 1. The van der Waals surface area contributed by atoms with Gasteiger partial charge < -0.3 is 14.4 Å². The first-order chi connectivity index (χ1) is 11.3. The van der Waals surface area contributed by atoms with Crippen LogP contribution in [0.5, 0.6) is 5.75 Å². The van der Waals surface area contributed by atoms with Crippen LogP contribution in [0.25, 0.3) is 0 Å². The Morgan fingerprint density at radius 2 is 2.00 bits per heavy atom.